The predicted octanol–water partition coefficient (Wildman–Crippen LogP) is 7.20. The van der Waals surface area contributed by atoms with E-state index < -0.39 is 0 Å². The molecule has 0 unspecified atom stereocenters. The molecule has 138 valence electrons. The van der Waals surface area contributed by atoms with Crippen molar-refractivity contribution in [1.29, 1.82) is 0 Å². The predicted molar refractivity (Wildman–Crippen MR) is 133 cm³/mol. The van der Waals surface area contributed by atoms with Crippen molar-refractivity contribution in [2.24, 2.45) is 0 Å². The lowest BCUT2D eigenvalue weighted by Crippen LogP contribution is -2.09. The van der Waals surface area contributed by atoms with Crippen molar-refractivity contribution in [3.05, 3.63) is 102 Å². The third kappa shape index (κ3) is 3.18. The highest BCUT2D eigenvalue weighted by molar-refractivity contribution is 9.10. The largest absolute Gasteiger partial charge is 0.154 e. The number of rotatable bonds is 3. The van der Waals surface area contributed by atoms with E-state index in [9.17, 15) is 0 Å². The van der Waals surface area contributed by atoms with Gasteiger partial charge in [-0.3, -0.25) is 0 Å². The van der Waals surface area contributed by atoms with E-state index in [2.05, 4.69) is 120 Å². The van der Waals surface area contributed by atoms with Crippen LogP contribution in [0, 0.1) is 0 Å². The number of halogens is 1. The minimum atomic E-state index is 1.03. The van der Waals surface area contributed by atoms with Gasteiger partial charge in [0.25, 0.3) is 0 Å². The molecule has 0 fully saturated rings. The second kappa shape index (κ2) is 7.53. The highest BCUT2D eigenvalue weighted by Crippen LogP contribution is 2.43. The molecule has 29 heavy (non-hydrogen) atoms. The summed E-state index contributed by atoms with van der Waals surface area (Å²) < 4.78 is 1.10. The van der Waals surface area contributed by atoms with Crippen LogP contribution in [0.15, 0.2) is 102 Å². The van der Waals surface area contributed by atoms with Crippen molar-refractivity contribution in [3.8, 4) is 22.3 Å². The molecule has 2 heteroatoms. The molecule has 0 aliphatic heterocycles. The molecule has 0 amide bonds. The van der Waals surface area contributed by atoms with E-state index in [0.717, 1.165) is 11.8 Å². The maximum atomic E-state index is 3.71. The molecule has 0 aliphatic carbocycles. The first kappa shape index (κ1) is 18.2. The standard InChI is InChI=1S/C27H20BBr/c1-28-20-12-14-22-24(16-20)26(18-8-4-2-5-9-18)23-15-13-21(29)17-25(23)27(22)19-10-6-3-7-11-19/h2-17,28H,1H3. The molecule has 0 atom stereocenters. The summed E-state index contributed by atoms with van der Waals surface area (Å²) in [5.41, 5.74) is 6.50. The molecule has 0 radical (unpaired) electrons. The van der Waals surface area contributed by atoms with Crippen LogP contribution in [0.5, 0.6) is 0 Å². The fourth-order valence-electron chi connectivity index (χ4n) is 4.30. The zero-order valence-electron chi connectivity index (χ0n) is 16.3. The molecule has 0 aliphatic rings. The van der Waals surface area contributed by atoms with Crippen LogP contribution in [0.4, 0.5) is 0 Å². The van der Waals surface area contributed by atoms with Gasteiger partial charge in [0.05, 0.1) is 0 Å². The number of hydrogen-bond donors (Lipinski definition) is 0. The first-order valence-electron chi connectivity index (χ1n) is 10.0. The lowest BCUT2D eigenvalue weighted by Gasteiger charge is -2.18. The van der Waals surface area contributed by atoms with E-state index in [1.807, 2.05) is 0 Å². The minimum absolute atomic E-state index is 1.03. The summed E-state index contributed by atoms with van der Waals surface area (Å²) in [4.78, 5) is 0. The highest BCUT2D eigenvalue weighted by atomic mass is 79.9. The van der Waals surface area contributed by atoms with E-state index in [1.165, 1.54) is 49.3 Å². The SMILES string of the molecule is CBc1ccc2c(-c3ccccc3)c3cc(Br)ccc3c(-c3ccccc3)c2c1. The molecule has 0 nitrogen and oxygen atoms in total. The quantitative estimate of drug-likeness (QED) is 0.208. The Labute approximate surface area is 180 Å². The smallest absolute Gasteiger partial charge is 0.0849 e. The Morgan fingerprint density at radius 1 is 0.552 bits per heavy atom. The van der Waals surface area contributed by atoms with Crippen LogP contribution >= 0.6 is 15.9 Å². The van der Waals surface area contributed by atoms with Gasteiger partial charge in [-0.25, -0.2) is 0 Å². The molecule has 0 bridgehead atoms. The van der Waals surface area contributed by atoms with Crippen molar-refractivity contribution in [2.45, 2.75) is 6.82 Å². The second-order valence-corrected chi connectivity index (χ2v) is 8.32. The Morgan fingerprint density at radius 2 is 1.07 bits per heavy atom. The molecule has 0 saturated heterocycles. The van der Waals surface area contributed by atoms with E-state index >= 15 is 0 Å². The van der Waals surface area contributed by atoms with E-state index in [4.69, 9.17) is 0 Å². The topological polar surface area (TPSA) is 0 Å². The Kier molecular flexibility index (Phi) is 4.73. The zero-order valence-corrected chi connectivity index (χ0v) is 17.9. The van der Waals surface area contributed by atoms with Crippen molar-refractivity contribution in [3.63, 3.8) is 0 Å². The highest BCUT2D eigenvalue weighted by Gasteiger charge is 2.17. The van der Waals surface area contributed by atoms with Gasteiger partial charge in [0, 0.05) is 4.47 Å². The van der Waals surface area contributed by atoms with Crippen LogP contribution in [0.25, 0.3) is 43.8 Å². The Balaban J connectivity index is 2.04. The average Bonchev–Trinajstić information content (AvgIpc) is 2.78. The maximum Gasteiger partial charge on any atom is 0.154 e. The van der Waals surface area contributed by atoms with Crippen LogP contribution < -0.4 is 5.46 Å². The molecule has 0 saturated carbocycles. The van der Waals surface area contributed by atoms with Crippen LogP contribution in [0.2, 0.25) is 6.82 Å². The Hall–Kier alpha value is -2.84. The number of hydrogen-bond acceptors (Lipinski definition) is 0. The Morgan fingerprint density at radius 3 is 1.62 bits per heavy atom. The van der Waals surface area contributed by atoms with Crippen LogP contribution in [0.1, 0.15) is 0 Å². The van der Waals surface area contributed by atoms with Crippen LogP contribution in [0.3, 0.4) is 0 Å². The fraction of sp³-hybridized carbons (Fsp3) is 0.0370. The molecular weight excluding hydrogens is 415 g/mol. The van der Waals surface area contributed by atoms with Gasteiger partial charge < -0.3 is 0 Å². The monoisotopic (exact) mass is 434 g/mol. The molecule has 0 heterocycles. The first-order valence-corrected chi connectivity index (χ1v) is 10.8. The molecule has 0 aromatic heterocycles. The van der Waals surface area contributed by atoms with E-state index in [1.54, 1.807) is 0 Å². The van der Waals surface area contributed by atoms with E-state index in [-0.39, 0.29) is 0 Å². The third-order valence-electron chi connectivity index (χ3n) is 5.68. The Bertz CT molecular complexity index is 1330. The van der Waals surface area contributed by atoms with Gasteiger partial charge >= 0.3 is 0 Å². The van der Waals surface area contributed by atoms with Gasteiger partial charge in [-0.15, -0.1) is 0 Å². The van der Waals surface area contributed by atoms with Crippen LogP contribution in [-0.2, 0) is 0 Å². The normalized spacial score (nSPS) is 11.1. The maximum absolute atomic E-state index is 3.71. The summed E-state index contributed by atoms with van der Waals surface area (Å²) in [7, 11) is 1.03. The molecule has 0 N–H and O–H groups in total. The first-order chi connectivity index (χ1) is 14.3. The van der Waals surface area contributed by atoms with Gasteiger partial charge in [-0.2, -0.15) is 0 Å². The molecule has 5 aromatic rings. The summed E-state index contributed by atoms with van der Waals surface area (Å²) in [6, 6.07) is 35.2. The van der Waals surface area contributed by atoms with Crippen molar-refractivity contribution in [1.82, 2.24) is 0 Å². The summed E-state index contributed by atoms with van der Waals surface area (Å²) in [5, 5.41) is 5.20. The third-order valence-corrected chi connectivity index (χ3v) is 6.17. The molecule has 5 rings (SSSR count). The van der Waals surface area contributed by atoms with E-state index in [0.29, 0.717) is 0 Å². The number of benzene rings is 5. The summed E-state index contributed by atoms with van der Waals surface area (Å²) in [6.45, 7) is 2.22. The summed E-state index contributed by atoms with van der Waals surface area (Å²) in [5.74, 6) is 0. The lowest BCUT2D eigenvalue weighted by molar-refractivity contribution is 1.64. The van der Waals surface area contributed by atoms with Crippen molar-refractivity contribution in [2.75, 3.05) is 0 Å². The van der Waals surface area contributed by atoms with Gasteiger partial charge in [0.15, 0.2) is 7.28 Å². The zero-order chi connectivity index (χ0) is 19.8. The van der Waals surface area contributed by atoms with Gasteiger partial charge in [0.2, 0.25) is 0 Å². The lowest BCUT2D eigenvalue weighted by atomic mass is 9.72. The molecule has 0 spiro atoms. The number of fused-ring (bicyclic) bond motifs is 2. The summed E-state index contributed by atoms with van der Waals surface area (Å²) >= 11 is 3.71. The minimum Gasteiger partial charge on any atom is -0.0849 e. The molecule has 5 aromatic carbocycles. The van der Waals surface area contributed by atoms with Gasteiger partial charge in [-0.1, -0.05) is 113 Å². The second-order valence-electron chi connectivity index (χ2n) is 7.41. The molecular formula is C27H20BBr. The van der Waals surface area contributed by atoms with Crippen molar-refractivity contribution < 1.29 is 0 Å². The summed E-state index contributed by atoms with van der Waals surface area (Å²) in [6.07, 6.45) is 0. The van der Waals surface area contributed by atoms with Gasteiger partial charge in [0.1, 0.15) is 0 Å². The van der Waals surface area contributed by atoms with Crippen LogP contribution in [-0.4, -0.2) is 7.28 Å². The van der Waals surface area contributed by atoms with Gasteiger partial charge in [-0.05, 0) is 55.9 Å². The average molecular weight is 435 g/mol. The van der Waals surface area contributed by atoms with Crippen molar-refractivity contribution >= 4 is 50.2 Å². The fourth-order valence-corrected chi connectivity index (χ4v) is 4.66.